The van der Waals surface area contributed by atoms with Crippen molar-refractivity contribution in [2.24, 2.45) is 5.73 Å². The molecule has 0 aliphatic heterocycles. The number of nitrogens with zero attached hydrogens (tertiary/aromatic N) is 2. The number of carbonyl (C=O) groups is 2. The summed E-state index contributed by atoms with van der Waals surface area (Å²) in [4.78, 5) is 22.6. The Morgan fingerprint density at radius 1 is 1.69 bits per heavy atom. The zero-order chi connectivity index (χ0) is 9.84. The molecular weight excluding hydrogens is 172 g/mol. The van der Waals surface area contributed by atoms with Crippen LogP contribution in [-0.2, 0) is 4.79 Å². The maximum absolute atomic E-state index is 10.9. The van der Waals surface area contributed by atoms with Crippen LogP contribution in [0, 0.1) is 0 Å². The summed E-state index contributed by atoms with van der Waals surface area (Å²) >= 11 is 0. The molecule has 0 aliphatic rings. The predicted octanol–water partition coefficient (Wildman–Crippen LogP) is -0.538. The van der Waals surface area contributed by atoms with Crippen molar-refractivity contribution >= 4 is 11.8 Å². The van der Waals surface area contributed by atoms with E-state index in [1.807, 2.05) is 0 Å². The molecule has 13 heavy (non-hydrogen) atoms. The van der Waals surface area contributed by atoms with Crippen LogP contribution in [0.3, 0.4) is 0 Å². The number of nitrogens with one attached hydrogen (secondary N) is 1. The predicted molar refractivity (Wildman–Crippen MR) is 45.4 cm³/mol. The monoisotopic (exact) mass is 182 g/mol. The van der Waals surface area contributed by atoms with Gasteiger partial charge in [-0.1, -0.05) is 6.92 Å². The van der Waals surface area contributed by atoms with E-state index in [9.17, 15) is 9.59 Å². The first-order chi connectivity index (χ1) is 6.13. The standard InChI is InChI=1S/C7H10N4O2/c1-2-6(12)10-11-4-3-5(9-11)7(8)13/h3-4H,2H2,1H3,(H2,8,13)(H,10,12). The molecule has 0 spiro atoms. The van der Waals surface area contributed by atoms with Crippen LogP contribution in [0.5, 0.6) is 0 Å². The van der Waals surface area contributed by atoms with E-state index in [0.29, 0.717) is 6.42 Å². The zero-order valence-corrected chi connectivity index (χ0v) is 7.15. The van der Waals surface area contributed by atoms with Gasteiger partial charge in [-0.25, -0.2) is 5.43 Å². The van der Waals surface area contributed by atoms with Gasteiger partial charge < -0.3 is 5.73 Å². The lowest BCUT2D eigenvalue weighted by atomic mass is 10.4. The van der Waals surface area contributed by atoms with E-state index in [1.165, 1.54) is 12.3 Å². The Kier molecular flexibility index (Phi) is 2.63. The molecule has 6 nitrogen and oxygen atoms in total. The number of amides is 2. The Morgan fingerprint density at radius 2 is 2.38 bits per heavy atom. The van der Waals surface area contributed by atoms with Crippen LogP contribution in [-0.4, -0.2) is 21.7 Å². The van der Waals surface area contributed by atoms with Gasteiger partial charge in [-0.2, -0.15) is 4.79 Å². The number of hydrogen-bond acceptors (Lipinski definition) is 3. The maximum atomic E-state index is 10.9. The Labute approximate surface area is 74.7 Å². The molecule has 0 saturated heterocycles. The number of rotatable bonds is 3. The molecule has 2 amide bonds. The molecule has 0 aromatic carbocycles. The molecule has 1 heterocycles. The third-order valence-corrected chi connectivity index (χ3v) is 1.40. The third kappa shape index (κ3) is 2.29. The topological polar surface area (TPSA) is 90.0 Å². The fraction of sp³-hybridized carbons (Fsp3) is 0.286. The molecule has 0 unspecified atom stereocenters. The van der Waals surface area contributed by atoms with Crippen LogP contribution >= 0.6 is 0 Å². The molecule has 1 aromatic rings. The quantitative estimate of drug-likeness (QED) is 0.657. The highest BCUT2D eigenvalue weighted by Crippen LogP contribution is 1.92. The molecule has 6 heteroatoms. The van der Waals surface area contributed by atoms with E-state index in [1.54, 1.807) is 6.92 Å². The number of nitrogens with two attached hydrogens (primary N) is 1. The molecule has 0 aliphatic carbocycles. The van der Waals surface area contributed by atoms with E-state index in [-0.39, 0.29) is 11.6 Å². The first kappa shape index (κ1) is 9.24. The Morgan fingerprint density at radius 3 is 2.85 bits per heavy atom. The fourth-order valence-corrected chi connectivity index (χ4v) is 0.724. The molecule has 0 radical (unpaired) electrons. The van der Waals surface area contributed by atoms with Crippen molar-refractivity contribution in [1.29, 1.82) is 0 Å². The minimum Gasteiger partial charge on any atom is -0.364 e. The number of aromatic nitrogens is 2. The second-order valence-electron chi connectivity index (χ2n) is 2.40. The van der Waals surface area contributed by atoms with Crippen LogP contribution in [0.25, 0.3) is 0 Å². The van der Waals surface area contributed by atoms with Crippen LogP contribution in [0.1, 0.15) is 23.8 Å². The molecule has 0 bridgehead atoms. The minimum atomic E-state index is -0.621. The average Bonchev–Trinajstić information content (AvgIpc) is 2.52. The van der Waals surface area contributed by atoms with Gasteiger partial charge >= 0.3 is 0 Å². The number of primary amides is 1. The van der Waals surface area contributed by atoms with Gasteiger partial charge in [0.25, 0.3) is 5.91 Å². The van der Waals surface area contributed by atoms with E-state index < -0.39 is 5.91 Å². The van der Waals surface area contributed by atoms with Gasteiger partial charge in [0.15, 0.2) is 5.69 Å². The fourth-order valence-electron chi connectivity index (χ4n) is 0.724. The summed E-state index contributed by atoms with van der Waals surface area (Å²) in [6.45, 7) is 1.72. The summed E-state index contributed by atoms with van der Waals surface area (Å²) in [5.41, 5.74) is 7.51. The summed E-state index contributed by atoms with van der Waals surface area (Å²) < 4.78 is 0. The average molecular weight is 182 g/mol. The van der Waals surface area contributed by atoms with Crippen molar-refractivity contribution in [3.8, 4) is 0 Å². The Hall–Kier alpha value is -1.85. The van der Waals surface area contributed by atoms with E-state index >= 15 is 0 Å². The van der Waals surface area contributed by atoms with Gasteiger partial charge in [0, 0.05) is 12.6 Å². The SMILES string of the molecule is CCC(=O)Nn1ccc(C(N)=O)n1. The Bertz CT molecular complexity index is 331. The summed E-state index contributed by atoms with van der Waals surface area (Å²) in [6.07, 6.45) is 1.80. The van der Waals surface area contributed by atoms with Gasteiger partial charge in [-0.15, -0.1) is 5.10 Å². The summed E-state index contributed by atoms with van der Waals surface area (Å²) in [5, 5.41) is 3.71. The van der Waals surface area contributed by atoms with Crippen molar-refractivity contribution in [2.45, 2.75) is 13.3 Å². The van der Waals surface area contributed by atoms with E-state index in [0.717, 1.165) is 4.79 Å². The van der Waals surface area contributed by atoms with Gasteiger partial charge in [0.1, 0.15) is 0 Å². The molecule has 1 aromatic heterocycles. The van der Waals surface area contributed by atoms with Crippen LogP contribution in [0.4, 0.5) is 0 Å². The maximum Gasteiger partial charge on any atom is 0.269 e. The van der Waals surface area contributed by atoms with Crippen molar-refractivity contribution in [2.75, 3.05) is 5.43 Å². The van der Waals surface area contributed by atoms with Gasteiger partial charge in [-0.05, 0) is 6.07 Å². The smallest absolute Gasteiger partial charge is 0.269 e. The lowest BCUT2D eigenvalue weighted by molar-refractivity contribution is -0.116. The number of hydrogen-bond donors (Lipinski definition) is 2. The summed E-state index contributed by atoms with van der Waals surface area (Å²) in [6, 6.07) is 1.43. The van der Waals surface area contributed by atoms with Crippen molar-refractivity contribution in [3.63, 3.8) is 0 Å². The summed E-state index contributed by atoms with van der Waals surface area (Å²) in [7, 11) is 0. The van der Waals surface area contributed by atoms with E-state index in [4.69, 9.17) is 5.73 Å². The molecule has 0 fully saturated rings. The molecule has 0 atom stereocenters. The molecule has 3 N–H and O–H groups in total. The lowest BCUT2D eigenvalue weighted by Gasteiger charge is -2.00. The molecular formula is C7H10N4O2. The highest BCUT2D eigenvalue weighted by atomic mass is 16.2. The molecule has 1 rings (SSSR count). The Balaban J connectivity index is 2.69. The summed E-state index contributed by atoms with van der Waals surface area (Å²) in [5.74, 6) is -0.802. The van der Waals surface area contributed by atoms with Crippen molar-refractivity contribution in [3.05, 3.63) is 18.0 Å². The van der Waals surface area contributed by atoms with Crippen LogP contribution < -0.4 is 11.2 Å². The van der Waals surface area contributed by atoms with E-state index in [2.05, 4.69) is 10.5 Å². The second kappa shape index (κ2) is 3.70. The third-order valence-electron chi connectivity index (χ3n) is 1.40. The van der Waals surface area contributed by atoms with Crippen molar-refractivity contribution < 1.29 is 9.59 Å². The first-order valence-corrected chi connectivity index (χ1v) is 3.79. The zero-order valence-electron chi connectivity index (χ0n) is 7.15. The second-order valence-corrected chi connectivity index (χ2v) is 2.40. The molecule has 70 valence electrons. The number of carbonyl (C=O) groups excluding carboxylic acids is 2. The normalized spacial score (nSPS) is 9.62. The van der Waals surface area contributed by atoms with Crippen LogP contribution in [0.15, 0.2) is 12.3 Å². The van der Waals surface area contributed by atoms with Crippen molar-refractivity contribution in [1.82, 2.24) is 9.89 Å². The van der Waals surface area contributed by atoms with Gasteiger partial charge in [-0.3, -0.25) is 9.59 Å². The highest BCUT2D eigenvalue weighted by molar-refractivity contribution is 5.90. The highest BCUT2D eigenvalue weighted by Gasteiger charge is 2.05. The first-order valence-electron chi connectivity index (χ1n) is 3.79. The van der Waals surface area contributed by atoms with Crippen LogP contribution in [0.2, 0.25) is 0 Å². The van der Waals surface area contributed by atoms with Gasteiger partial charge in [0.2, 0.25) is 5.91 Å². The molecule has 0 saturated carbocycles. The van der Waals surface area contributed by atoms with Gasteiger partial charge in [0.05, 0.1) is 0 Å². The minimum absolute atomic E-state index is 0.122. The largest absolute Gasteiger partial charge is 0.364 e. The lowest BCUT2D eigenvalue weighted by Crippen LogP contribution is -2.23.